The van der Waals surface area contributed by atoms with Gasteiger partial charge < -0.3 is 15.2 Å². The van der Waals surface area contributed by atoms with Gasteiger partial charge in [-0.1, -0.05) is 11.6 Å². The molecule has 0 saturated heterocycles. The highest BCUT2D eigenvalue weighted by molar-refractivity contribution is 6.30. The van der Waals surface area contributed by atoms with Crippen LogP contribution in [0.1, 0.15) is 52.4 Å². The smallest absolute Gasteiger partial charge is 0.303 e. The number of nitrogens with zero attached hydrogens (tertiary/aromatic N) is 2. The number of halogens is 1. The SMILES string of the molecule is CC(C)(Oc1ccc(Cl)cc1)/C(=N/C#N)NC1C2CC3CC1CC(CC(=O)O)(C3)C2. The van der Waals surface area contributed by atoms with Gasteiger partial charge in [0.25, 0.3) is 0 Å². The van der Waals surface area contributed by atoms with E-state index >= 15 is 0 Å². The van der Waals surface area contributed by atoms with Crippen molar-refractivity contribution in [1.82, 2.24) is 5.32 Å². The van der Waals surface area contributed by atoms with Gasteiger partial charge in [0.05, 0.1) is 6.42 Å². The highest BCUT2D eigenvalue weighted by Crippen LogP contribution is 2.61. The third kappa shape index (κ3) is 4.13. The Morgan fingerprint density at radius 1 is 1.30 bits per heavy atom. The number of ether oxygens (including phenoxy) is 1. The number of amidine groups is 1. The van der Waals surface area contributed by atoms with Gasteiger partial charge in [-0.05, 0) is 93.4 Å². The summed E-state index contributed by atoms with van der Waals surface area (Å²) in [4.78, 5) is 15.6. The van der Waals surface area contributed by atoms with E-state index in [2.05, 4.69) is 10.3 Å². The molecular formula is C23H28ClN3O3. The zero-order valence-electron chi connectivity index (χ0n) is 17.4. The monoisotopic (exact) mass is 429 g/mol. The zero-order valence-corrected chi connectivity index (χ0v) is 18.2. The van der Waals surface area contributed by atoms with Gasteiger partial charge in [-0.15, -0.1) is 0 Å². The molecule has 30 heavy (non-hydrogen) atoms. The Labute approximate surface area is 182 Å². The normalized spacial score (nSPS) is 32.5. The third-order valence-corrected chi connectivity index (χ3v) is 7.40. The summed E-state index contributed by atoms with van der Waals surface area (Å²) >= 11 is 5.97. The van der Waals surface area contributed by atoms with Crippen molar-refractivity contribution in [2.45, 2.75) is 64.0 Å². The predicted molar refractivity (Wildman–Crippen MR) is 114 cm³/mol. The van der Waals surface area contributed by atoms with Gasteiger partial charge in [0.15, 0.2) is 11.4 Å². The number of rotatable bonds is 6. The first-order valence-corrected chi connectivity index (χ1v) is 11.0. The molecule has 0 aromatic heterocycles. The highest BCUT2D eigenvalue weighted by atomic mass is 35.5. The Morgan fingerprint density at radius 3 is 2.50 bits per heavy atom. The minimum absolute atomic E-state index is 0.0532. The van der Waals surface area contributed by atoms with Crippen LogP contribution in [0.5, 0.6) is 5.75 Å². The lowest BCUT2D eigenvalue weighted by atomic mass is 9.47. The van der Waals surface area contributed by atoms with E-state index in [9.17, 15) is 15.2 Å². The molecule has 2 atom stereocenters. The maximum absolute atomic E-state index is 11.5. The molecule has 7 heteroatoms. The second-order valence-electron chi connectivity index (χ2n) is 9.84. The Balaban J connectivity index is 1.51. The fourth-order valence-corrected chi connectivity index (χ4v) is 6.49. The van der Waals surface area contributed by atoms with Gasteiger partial charge in [-0.2, -0.15) is 10.3 Å². The van der Waals surface area contributed by atoms with E-state index in [1.807, 2.05) is 20.0 Å². The zero-order chi connectivity index (χ0) is 21.5. The van der Waals surface area contributed by atoms with Crippen molar-refractivity contribution in [3.8, 4) is 11.9 Å². The van der Waals surface area contributed by atoms with E-state index in [-0.39, 0.29) is 17.9 Å². The average Bonchev–Trinajstić information content (AvgIpc) is 2.64. The van der Waals surface area contributed by atoms with Crippen LogP contribution >= 0.6 is 11.6 Å². The molecule has 0 radical (unpaired) electrons. The molecule has 6 nitrogen and oxygen atoms in total. The lowest BCUT2D eigenvalue weighted by molar-refractivity contribution is -0.146. The second kappa shape index (κ2) is 7.77. The van der Waals surface area contributed by atoms with Gasteiger partial charge in [0.2, 0.25) is 6.19 Å². The molecule has 160 valence electrons. The number of nitriles is 1. The Bertz CT molecular complexity index is 874. The van der Waals surface area contributed by atoms with Crippen LogP contribution in [0, 0.1) is 34.6 Å². The van der Waals surface area contributed by atoms with E-state index in [1.54, 1.807) is 24.3 Å². The number of benzene rings is 1. The number of carbonyl (C=O) groups is 1. The molecule has 1 aromatic rings. The van der Waals surface area contributed by atoms with Crippen molar-refractivity contribution in [1.29, 1.82) is 5.26 Å². The molecule has 0 amide bonds. The molecule has 4 aliphatic rings. The summed E-state index contributed by atoms with van der Waals surface area (Å²) in [7, 11) is 0. The molecule has 4 bridgehead atoms. The van der Waals surface area contributed by atoms with Crippen molar-refractivity contribution >= 4 is 23.4 Å². The van der Waals surface area contributed by atoms with Crippen LogP contribution in [-0.4, -0.2) is 28.6 Å². The van der Waals surface area contributed by atoms with Crippen molar-refractivity contribution < 1.29 is 14.6 Å². The fourth-order valence-electron chi connectivity index (χ4n) is 6.36. The maximum atomic E-state index is 11.5. The maximum Gasteiger partial charge on any atom is 0.303 e. The number of hydrogen-bond acceptors (Lipinski definition) is 4. The van der Waals surface area contributed by atoms with Crippen LogP contribution in [-0.2, 0) is 4.79 Å². The molecule has 0 spiro atoms. The van der Waals surface area contributed by atoms with E-state index in [0.29, 0.717) is 34.4 Å². The number of hydrogen-bond donors (Lipinski definition) is 2. The van der Waals surface area contributed by atoms with Crippen LogP contribution in [0.25, 0.3) is 0 Å². The standard InChI is InChI=1S/C23H28ClN3O3/c1-22(2,30-18-5-3-17(24)4-6-18)21(26-13-25)27-20-15-7-14-8-16(20)11-23(9-14,10-15)12-19(28)29/h3-6,14-16,20H,7-12H2,1-2H3,(H,26,27)(H,28,29). The van der Waals surface area contributed by atoms with Crippen LogP contribution in [0.2, 0.25) is 5.02 Å². The van der Waals surface area contributed by atoms with Crippen molar-refractivity contribution in [3.05, 3.63) is 29.3 Å². The molecule has 4 fully saturated rings. The third-order valence-electron chi connectivity index (χ3n) is 7.15. The topological polar surface area (TPSA) is 94.7 Å². The fraction of sp³-hybridized carbons (Fsp3) is 0.609. The summed E-state index contributed by atoms with van der Waals surface area (Å²) in [6.07, 6.45) is 7.34. The molecule has 4 aliphatic carbocycles. The molecular weight excluding hydrogens is 402 g/mol. The second-order valence-corrected chi connectivity index (χ2v) is 10.3. The minimum atomic E-state index is -0.822. The number of carboxylic acids is 1. The van der Waals surface area contributed by atoms with Gasteiger partial charge in [0, 0.05) is 11.1 Å². The molecule has 5 rings (SSSR count). The molecule has 2 N–H and O–H groups in total. The van der Waals surface area contributed by atoms with Crippen LogP contribution < -0.4 is 10.1 Å². The highest BCUT2D eigenvalue weighted by Gasteiger charge is 2.56. The summed E-state index contributed by atoms with van der Waals surface area (Å²) in [5.41, 5.74) is -0.876. The largest absolute Gasteiger partial charge is 0.481 e. The Kier molecular flexibility index (Phi) is 5.44. The summed E-state index contributed by atoms with van der Waals surface area (Å²) in [5.74, 6) is 1.92. The van der Waals surface area contributed by atoms with E-state index in [4.69, 9.17) is 16.3 Å². The van der Waals surface area contributed by atoms with Gasteiger partial charge in [-0.3, -0.25) is 4.79 Å². The van der Waals surface area contributed by atoms with Gasteiger partial charge in [-0.25, -0.2) is 0 Å². The van der Waals surface area contributed by atoms with Crippen molar-refractivity contribution in [3.63, 3.8) is 0 Å². The molecule has 4 saturated carbocycles. The molecule has 0 aliphatic heterocycles. The number of carboxylic acid groups (broad SMARTS) is 1. The number of aliphatic imine (C=N–C) groups is 1. The van der Waals surface area contributed by atoms with Crippen LogP contribution in [0.4, 0.5) is 0 Å². The average molecular weight is 430 g/mol. The molecule has 1 aromatic carbocycles. The quantitative estimate of drug-likeness (QED) is 0.390. The molecule has 2 unspecified atom stereocenters. The Hall–Kier alpha value is -2.26. The number of nitrogens with one attached hydrogen (secondary N) is 1. The van der Waals surface area contributed by atoms with E-state index in [0.717, 1.165) is 32.1 Å². The summed E-state index contributed by atoms with van der Waals surface area (Å²) < 4.78 is 6.16. The van der Waals surface area contributed by atoms with E-state index < -0.39 is 11.6 Å². The lowest BCUT2D eigenvalue weighted by Gasteiger charge is -2.60. The van der Waals surface area contributed by atoms with Crippen LogP contribution in [0.15, 0.2) is 29.3 Å². The van der Waals surface area contributed by atoms with Gasteiger partial charge in [0.1, 0.15) is 5.75 Å². The van der Waals surface area contributed by atoms with E-state index in [1.165, 1.54) is 0 Å². The first kappa shape index (κ1) is 21.0. The van der Waals surface area contributed by atoms with Crippen molar-refractivity contribution in [2.75, 3.05) is 0 Å². The van der Waals surface area contributed by atoms with Crippen LogP contribution in [0.3, 0.4) is 0 Å². The first-order chi connectivity index (χ1) is 14.2. The summed E-state index contributed by atoms with van der Waals surface area (Å²) in [5, 5.41) is 22.9. The number of aliphatic carboxylic acids is 1. The summed E-state index contributed by atoms with van der Waals surface area (Å²) in [6, 6.07) is 7.32. The van der Waals surface area contributed by atoms with Gasteiger partial charge >= 0.3 is 5.97 Å². The lowest BCUT2D eigenvalue weighted by Crippen LogP contribution is -2.62. The minimum Gasteiger partial charge on any atom is -0.481 e. The Morgan fingerprint density at radius 2 is 1.93 bits per heavy atom. The molecule has 0 heterocycles. The predicted octanol–water partition coefficient (Wildman–Crippen LogP) is 4.64. The first-order valence-electron chi connectivity index (χ1n) is 10.6. The summed E-state index contributed by atoms with van der Waals surface area (Å²) in [6.45, 7) is 3.79. The van der Waals surface area contributed by atoms with Crippen molar-refractivity contribution in [2.24, 2.45) is 28.2 Å².